The number of anilines is 1. The summed E-state index contributed by atoms with van der Waals surface area (Å²) in [4.78, 5) is 30.4. The van der Waals surface area contributed by atoms with Crippen LogP contribution in [-0.4, -0.2) is 61.1 Å². The Morgan fingerprint density at radius 2 is 1.66 bits per heavy atom. The number of nitrogens with zero attached hydrogens (tertiary/aromatic N) is 3. The van der Waals surface area contributed by atoms with Crippen LogP contribution in [0.5, 0.6) is 11.5 Å². The molecule has 8 heteroatoms. The van der Waals surface area contributed by atoms with Crippen LogP contribution in [0.25, 0.3) is 0 Å². The van der Waals surface area contributed by atoms with Gasteiger partial charge in [0.15, 0.2) is 11.5 Å². The van der Waals surface area contributed by atoms with Crippen molar-refractivity contribution in [1.82, 2.24) is 9.80 Å². The summed E-state index contributed by atoms with van der Waals surface area (Å²) in [5, 5.41) is 0. The van der Waals surface area contributed by atoms with E-state index < -0.39 is 17.5 Å². The van der Waals surface area contributed by atoms with Crippen LogP contribution in [0.4, 0.5) is 10.1 Å². The molecule has 1 amide bonds. The van der Waals surface area contributed by atoms with Crippen LogP contribution in [0.2, 0.25) is 0 Å². The second kappa shape index (κ2) is 7.13. The maximum absolute atomic E-state index is 13.4. The van der Waals surface area contributed by atoms with Gasteiger partial charge in [-0.15, -0.1) is 0 Å². The van der Waals surface area contributed by atoms with Gasteiger partial charge in [0.1, 0.15) is 5.82 Å². The maximum Gasteiger partial charge on any atom is 0.300 e. The Balaban J connectivity index is 1.20. The number of halogens is 1. The molecule has 0 N–H and O–H groups in total. The zero-order chi connectivity index (χ0) is 20.0. The van der Waals surface area contributed by atoms with E-state index in [2.05, 4.69) is 9.80 Å². The minimum atomic E-state index is -0.638. The largest absolute Gasteiger partial charge is 0.454 e. The van der Waals surface area contributed by atoms with Gasteiger partial charge in [0.2, 0.25) is 6.79 Å². The SMILES string of the molecule is O=C1C(=O)N(CN2CCN(Cc3ccc4c(c3)OCO4)CC2)c2ccc(F)cc21. The standard InChI is InChI=1S/C21H20FN3O4/c22-15-2-3-17-16(10-15)20(26)21(27)25(17)12-24-7-5-23(6-8-24)11-14-1-4-18-19(9-14)29-13-28-18/h1-4,9-10H,5-8,11-13H2. The highest BCUT2D eigenvalue weighted by atomic mass is 19.1. The fourth-order valence-electron chi connectivity index (χ4n) is 4.00. The third-order valence-electron chi connectivity index (χ3n) is 5.58. The molecule has 150 valence electrons. The van der Waals surface area contributed by atoms with E-state index in [0.29, 0.717) is 12.4 Å². The van der Waals surface area contributed by atoms with Crippen molar-refractivity contribution in [3.05, 3.63) is 53.3 Å². The number of hydrogen-bond donors (Lipinski definition) is 0. The number of rotatable bonds is 4. The molecular formula is C21H20FN3O4. The molecule has 2 aromatic rings. The van der Waals surface area contributed by atoms with Gasteiger partial charge in [-0.2, -0.15) is 0 Å². The van der Waals surface area contributed by atoms with Gasteiger partial charge in [-0.05, 0) is 35.9 Å². The summed E-state index contributed by atoms with van der Waals surface area (Å²) in [5.41, 5.74) is 1.81. The second-order valence-corrected chi connectivity index (χ2v) is 7.45. The lowest BCUT2D eigenvalue weighted by Gasteiger charge is -2.36. The predicted octanol–water partition coefficient (Wildman–Crippen LogP) is 1.86. The summed E-state index contributed by atoms with van der Waals surface area (Å²) < 4.78 is 24.2. The molecule has 0 atom stereocenters. The Hall–Kier alpha value is -2.97. The number of ketones is 1. The molecular weight excluding hydrogens is 377 g/mol. The molecule has 2 aromatic carbocycles. The van der Waals surface area contributed by atoms with E-state index in [-0.39, 0.29) is 12.4 Å². The molecule has 0 spiro atoms. The summed E-state index contributed by atoms with van der Waals surface area (Å²) in [6.07, 6.45) is 0. The van der Waals surface area contributed by atoms with E-state index in [1.54, 1.807) is 0 Å². The molecule has 1 fully saturated rings. The number of benzene rings is 2. The fraction of sp³-hybridized carbons (Fsp3) is 0.333. The number of fused-ring (bicyclic) bond motifs is 2. The van der Waals surface area contributed by atoms with E-state index in [4.69, 9.17) is 9.47 Å². The summed E-state index contributed by atoms with van der Waals surface area (Å²) in [7, 11) is 0. The number of ether oxygens (including phenoxy) is 2. The third kappa shape index (κ3) is 3.34. The van der Waals surface area contributed by atoms with Crippen molar-refractivity contribution in [2.24, 2.45) is 0 Å². The molecule has 0 radical (unpaired) electrons. The van der Waals surface area contributed by atoms with Gasteiger partial charge in [-0.1, -0.05) is 6.07 Å². The molecule has 0 aromatic heterocycles. The first-order chi connectivity index (χ1) is 14.1. The van der Waals surface area contributed by atoms with Crippen molar-refractivity contribution in [2.45, 2.75) is 6.54 Å². The van der Waals surface area contributed by atoms with Crippen molar-refractivity contribution in [3.8, 4) is 11.5 Å². The average Bonchev–Trinajstić information content (AvgIpc) is 3.28. The molecule has 0 saturated carbocycles. The van der Waals surface area contributed by atoms with Gasteiger partial charge in [0.25, 0.3) is 5.78 Å². The van der Waals surface area contributed by atoms with Crippen molar-refractivity contribution in [3.63, 3.8) is 0 Å². The minimum absolute atomic E-state index is 0.149. The number of carbonyl (C=O) groups excluding carboxylic acids is 2. The van der Waals surface area contributed by atoms with Crippen LogP contribution < -0.4 is 14.4 Å². The Morgan fingerprint density at radius 3 is 2.48 bits per heavy atom. The lowest BCUT2D eigenvalue weighted by atomic mass is 10.1. The third-order valence-corrected chi connectivity index (χ3v) is 5.58. The number of piperazine rings is 1. The van der Waals surface area contributed by atoms with Crippen molar-refractivity contribution in [1.29, 1.82) is 0 Å². The average molecular weight is 397 g/mol. The van der Waals surface area contributed by atoms with Gasteiger partial charge in [-0.25, -0.2) is 4.39 Å². The summed E-state index contributed by atoms with van der Waals surface area (Å²) in [6.45, 7) is 4.67. The van der Waals surface area contributed by atoms with Crippen LogP contribution in [0.15, 0.2) is 36.4 Å². The quantitative estimate of drug-likeness (QED) is 0.734. The van der Waals surface area contributed by atoms with Crippen molar-refractivity contribution >= 4 is 17.4 Å². The normalized spacial score (nSPS) is 19.1. The lowest BCUT2D eigenvalue weighted by Crippen LogP contribution is -2.50. The second-order valence-electron chi connectivity index (χ2n) is 7.45. The number of amides is 1. The molecule has 7 nitrogen and oxygen atoms in total. The highest BCUT2D eigenvalue weighted by Crippen LogP contribution is 2.33. The monoisotopic (exact) mass is 397 g/mol. The molecule has 0 aliphatic carbocycles. The summed E-state index contributed by atoms with van der Waals surface area (Å²) in [6, 6.07) is 9.91. The van der Waals surface area contributed by atoms with Crippen LogP contribution in [-0.2, 0) is 11.3 Å². The predicted molar refractivity (Wildman–Crippen MR) is 102 cm³/mol. The molecule has 0 unspecified atom stereocenters. The van der Waals surface area contributed by atoms with Gasteiger partial charge >= 0.3 is 5.91 Å². The minimum Gasteiger partial charge on any atom is -0.454 e. The van der Waals surface area contributed by atoms with Crippen LogP contribution >= 0.6 is 0 Å². The van der Waals surface area contributed by atoms with Crippen LogP contribution in [0, 0.1) is 5.82 Å². The van der Waals surface area contributed by atoms with Gasteiger partial charge in [0.05, 0.1) is 17.9 Å². The van der Waals surface area contributed by atoms with E-state index in [1.807, 2.05) is 18.2 Å². The molecule has 1 saturated heterocycles. The van der Waals surface area contributed by atoms with Crippen LogP contribution in [0.1, 0.15) is 15.9 Å². The first-order valence-electron chi connectivity index (χ1n) is 9.57. The Kier molecular flexibility index (Phi) is 4.44. The Bertz CT molecular complexity index is 988. The van der Waals surface area contributed by atoms with Crippen molar-refractivity contribution in [2.75, 3.05) is 44.5 Å². The van der Waals surface area contributed by atoms with Crippen molar-refractivity contribution < 1.29 is 23.5 Å². The molecule has 5 rings (SSSR count). The fourth-order valence-corrected chi connectivity index (χ4v) is 4.00. The summed E-state index contributed by atoms with van der Waals surface area (Å²) in [5.74, 6) is -0.171. The number of Topliss-reactive ketones (excluding diaryl/α,β-unsaturated/α-hetero) is 1. The summed E-state index contributed by atoms with van der Waals surface area (Å²) >= 11 is 0. The zero-order valence-corrected chi connectivity index (χ0v) is 15.8. The van der Waals surface area contributed by atoms with E-state index in [9.17, 15) is 14.0 Å². The molecule has 3 heterocycles. The first-order valence-corrected chi connectivity index (χ1v) is 9.57. The zero-order valence-electron chi connectivity index (χ0n) is 15.8. The smallest absolute Gasteiger partial charge is 0.300 e. The van der Waals surface area contributed by atoms with E-state index in [0.717, 1.165) is 50.3 Å². The van der Waals surface area contributed by atoms with E-state index in [1.165, 1.54) is 22.6 Å². The first kappa shape index (κ1) is 18.1. The Labute approximate surface area is 167 Å². The van der Waals surface area contributed by atoms with E-state index >= 15 is 0 Å². The number of hydrogen-bond acceptors (Lipinski definition) is 6. The number of carbonyl (C=O) groups is 2. The Morgan fingerprint density at radius 1 is 0.897 bits per heavy atom. The molecule has 0 bridgehead atoms. The highest BCUT2D eigenvalue weighted by molar-refractivity contribution is 6.52. The van der Waals surface area contributed by atoms with Gasteiger partial charge < -0.3 is 9.47 Å². The topological polar surface area (TPSA) is 62.3 Å². The molecule has 3 aliphatic rings. The van der Waals surface area contributed by atoms with Gasteiger partial charge in [0, 0.05) is 32.7 Å². The maximum atomic E-state index is 13.4. The highest BCUT2D eigenvalue weighted by Gasteiger charge is 2.37. The van der Waals surface area contributed by atoms with Crippen LogP contribution in [0.3, 0.4) is 0 Å². The lowest BCUT2D eigenvalue weighted by molar-refractivity contribution is -0.114. The molecule has 3 aliphatic heterocycles. The molecule has 29 heavy (non-hydrogen) atoms. The van der Waals surface area contributed by atoms with Gasteiger partial charge in [-0.3, -0.25) is 24.3 Å².